The summed E-state index contributed by atoms with van der Waals surface area (Å²) in [6.07, 6.45) is 4.68. The van der Waals surface area contributed by atoms with Gasteiger partial charge in [0, 0.05) is 43.7 Å². The Kier molecular flexibility index (Phi) is 4.60. The van der Waals surface area contributed by atoms with Crippen molar-refractivity contribution in [1.29, 1.82) is 0 Å². The summed E-state index contributed by atoms with van der Waals surface area (Å²) in [5, 5.41) is 12.6. The van der Waals surface area contributed by atoms with Gasteiger partial charge in [0.15, 0.2) is 0 Å². The van der Waals surface area contributed by atoms with Gasteiger partial charge in [-0.1, -0.05) is 0 Å². The molecule has 0 unspecified atom stereocenters. The van der Waals surface area contributed by atoms with Crippen LogP contribution in [0.15, 0.2) is 11.6 Å². The zero-order chi connectivity index (χ0) is 16.6. The van der Waals surface area contributed by atoms with Crippen molar-refractivity contribution >= 4 is 17.2 Å². The van der Waals surface area contributed by atoms with Crippen molar-refractivity contribution in [2.45, 2.75) is 43.9 Å². The molecule has 2 aliphatic heterocycles. The average molecular weight is 351 g/mol. The van der Waals surface area contributed by atoms with Crippen molar-refractivity contribution in [3.63, 3.8) is 0 Å². The molecule has 1 aromatic heterocycles. The first-order valence-corrected chi connectivity index (χ1v) is 9.73. The zero-order valence-corrected chi connectivity index (χ0v) is 14.7. The van der Waals surface area contributed by atoms with Gasteiger partial charge in [-0.2, -0.15) is 0 Å². The van der Waals surface area contributed by atoms with E-state index >= 15 is 0 Å². The van der Waals surface area contributed by atoms with Crippen LogP contribution in [0, 0.1) is 5.92 Å². The summed E-state index contributed by atoms with van der Waals surface area (Å²) in [5.74, 6) is 0.272. The molecule has 3 aliphatic rings. The van der Waals surface area contributed by atoms with Gasteiger partial charge >= 0.3 is 0 Å². The first-order valence-electron chi connectivity index (χ1n) is 8.85. The molecule has 1 N–H and O–H groups in total. The lowest BCUT2D eigenvalue weighted by Crippen LogP contribution is -2.58. The van der Waals surface area contributed by atoms with E-state index in [1.807, 2.05) is 16.5 Å². The molecule has 0 aromatic carbocycles. The van der Waals surface area contributed by atoms with Crippen LogP contribution in [0.3, 0.4) is 0 Å². The molecular formula is C17H25N3O3S. The van der Waals surface area contributed by atoms with Crippen molar-refractivity contribution in [3.8, 4) is 0 Å². The third kappa shape index (κ3) is 3.35. The molecule has 1 amide bonds. The van der Waals surface area contributed by atoms with Crippen LogP contribution in [0.1, 0.15) is 30.7 Å². The highest BCUT2D eigenvalue weighted by Gasteiger charge is 2.43. The maximum atomic E-state index is 12.4. The number of carbonyl (C=O) groups excluding carboxylic acids is 1. The Bertz CT molecular complexity index is 566. The number of nitrogens with zero attached hydrogens (tertiary/aromatic N) is 3. The zero-order valence-electron chi connectivity index (χ0n) is 13.9. The Morgan fingerprint density at radius 2 is 2.17 bits per heavy atom. The predicted octanol–water partition coefficient (Wildman–Crippen LogP) is 1.11. The molecule has 24 heavy (non-hydrogen) atoms. The largest absolute Gasteiger partial charge is 0.393 e. The SMILES string of the molecule is O=C(C1CC(O)C1)N1CCC2(CC1)CN(Cc1nccs1)CCO2. The molecule has 3 fully saturated rings. The molecule has 0 bridgehead atoms. The Labute approximate surface area is 146 Å². The van der Waals surface area contributed by atoms with Gasteiger partial charge in [0.2, 0.25) is 5.91 Å². The number of carbonyl (C=O) groups is 1. The molecule has 1 spiro atoms. The van der Waals surface area contributed by atoms with Gasteiger partial charge in [-0.3, -0.25) is 9.69 Å². The molecule has 0 atom stereocenters. The fourth-order valence-electron chi connectivity index (χ4n) is 4.07. The number of aromatic nitrogens is 1. The quantitative estimate of drug-likeness (QED) is 0.884. The first kappa shape index (κ1) is 16.4. The standard InChI is InChI=1S/C17H25N3O3S/c21-14-9-13(10-14)16(22)20-4-1-17(2-5-20)12-19(6-7-23-17)11-15-18-3-8-24-15/h3,8,13-14,21H,1-2,4-7,9-12H2. The minimum atomic E-state index is -0.267. The van der Waals surface area contributed by atoms with Gasteiger partial charge in [0.05, 0.1) is 24.9 Å². The number of aliphatic hydroxyl groups is 1. The van der Waals surface area contributed by atoms with Crippen molar-refractivity contribution in [1.82, 2.24) is 14.8 Å². The van der Waals surface area contributed by atoms with Gasteiger partial charge in [-0.15, -0.1) is 11.3 Å². The van der Waals surface area contributed by atoms with Crippen molar-refractivity contribution in [2.24, 2.45) is 5.92 Å². The van der Waals surface area contributed by atoms with E-state index in [-0.39, 0.29) is 23.5 Å². The molecule has 1 aromatic rings. The number of hydrogen-bond acceptors (Lipinski definition) is 6. The molecule has 7 heteroatoms. The summed E-state index contributed by atoms with van der Waals surface area (Å²) in [6, 6.07) is 0. The maximum Gasteiger partial charge on any atom is 0.225 e. The van der Waals surface area contributed by atoms with Crippen LogP contribution in [-0.2, 0) is 16.1 Å². The second-order valence-electron chi connectivity index (χ2n) is 7.32. The van der Waals surface area contributed by atoms with E-state index < -0.39 is 0 Å². The third-order valence-corrected chi connectivity index (χ3v) is 6.38. The molecule has 132 valence electrons. The molecule has 0 radical (unpaired) electrons. The topological polar surface area (TPSA) is 65.9 Å². The molecule has 3 heterocycles. The van der Waals surface area contributed by atoms with Gasteiger partial charge < -0.3 is 14.7 Å². The monoisotopic (exact) mass is 351 g/mol. The van der Waals surface area contributed by atoms with E-state index in [4.69, 9.17) is 4.74 Å². The molecule has 4 rings (SSSR count). The van der Waals surface area contributed by atoms with Crippen LogP contribution in [0.4, 0.5) is 0 Å². The highest BCUT2D eigenvalue weighted by Crippen LogP contribution is 2.34. The summed E-state index contributed by atoms with van der Waals surface area (Å²) in [7, 11) is 0. The number of rotatable bonds is 3. The lowest BCUT2D eigenvalue weighted by atomic mass is 9.80. The number of hydrogen-bond donors (Lipinski definition) is 1. The minimum Gasteiger partial charge on any atom is -0.393 e. The second-order valence-corrected chi connectivity index (χ2v) is 8.29. The van der Waals surface area contributed by atoms with Crippen molar-refractivity contribution < 1.29 is 14.6 Å². The first-order chi connectivity index (χ1) is 11.6. The summed E-state index contributed by atoms with van der Waals surface area (Å²) in [6.45, 7) is 5.08. The van der Waals surface area contributed by atoms with Crippen LogP contribution >= 0.6 is 11.3 Å². The van der Waals surface area contributed by atoms with E-state index in [1.165, 1.54) is 0 Å². The number of thiazole rings is 1. The summed E-state index contributed by atoms with van der Waals surface area (Å²) >= 11 is 1.70. The summed E-state index contributed by atoms with van der Waals surface area (Å²) in [5.41, 5.74) is -0.106. The van der Waals surface area contributed by atoms with Crippen LogP contribution in [0.2, 0.25) is 0 Å². The predicted molar refractivity (Wildman–Crippen MR) is 90.6 cm³/mol. The molecule has 2 saturated heterocycles. The number of aliphatic hydroxyl groups excluding tert-OH is 1. The van der Waals surface area contributed by atoms with E-state index in [0.29, 0.717) is 12.8 Å². The minimum absolute atomic E-state index is 0.0442. The van der Waals surface area contributed by atoms with Crippen LogP contribution < -0.4 is 0 Å². The second kappa shape index (κ2) is 6.71. The normalized spacial score (nSPS) is 30.3. The highest BCUT2D eigenvalue weighted by molar-refractivity contribution is 7.09. The van der Waals surface area contributed by atoms with Crippen LogP contribution in [0.5, 0.6) is 0 Å². The van der Waals surface area contributed by atoms with E-state index in [0.717, 1.165) is 57.2 Å². The Morgan fingerprint density at radius 3 is 2.83 bits per heavy atom. The fourth-order valence-corrected chi connectivity index (χ4v) is 4.72. The van der Waals surface area contributed by atoms with E-state index in [1.54, 1.807) is 11.3 Å². The van der Waals surface area contributed by atoms with Crippen LogP contribution in [0.25, 0.3) is 0 Å². The lowest BCUT2D eigenvalue weighted by Gasteiger charge is -2.48. The summed E-state index contributed by atoms with van der Waals surface area (Å²) < 4.78 is 6.17. The van der Waals surface area contributed by atoms with E-state index in [2.05, 4.69) is 9.88 Å². The van der Waals surface area contributed by atoms with Gasteiger partial charge in [-0.25, -0.2) is 4.98 Å². The number of ether oxygens (including phenoxy) is 1. The number of piperidine rings is 1. The van der Waals surface area contributed by atoms with Gasteiger partial charge in [0.25, 0.3) is 0 Å². The molecule has 1 saturated carbocycles. The third-order valence-electron chi connectivity index (χ3n) is 5.62. The number of morpholine rings is 1. The maximum absolute atomic E-state index is 12.4. The molecular weight excluding hydrogens is 326 g/mol. The van der Waals surface area contributed by atoms with Crippen molar-refractivity contribution in [3.05, 3.63) is 16.6 Å². The highest BCUT2D eigenvalue weighted by atomic mass is 32.1. The smallest absolute Gasteiger partial charge is 0.225 e. The number of likely N-dealkylation sites (tertiary alicyclic amines) is 1. The lowest BCUT2D eigenvalue weighted by molar-refractivity contribution is -0.158. The molecule has 6 nitrogen and oxygen atoms in total. The van der Waals surface area contributed by atoms with Crippen molar-refractivity contribution in [2.75, 3.05) is 32.8 Å². The molecule has 1 aliphatic carbocycles. The van der Waals surface area contributed by atoms with Crippen LogP contribution in [-0.4, -0.2) is 70.3 Å². The Hall–Kier alpha value is -1.02. The number of amides is 1. The fraction of sp³-hybridized carbons (Fsp3) is 0.765. The summed E-state index contributed by atoms with van der Waals surface area (Å²) in [4.78, 5) is 21.2. The average Bonchev–Trinajstić information content (AvgIpc) is 3.05. The van der Waals surface area contributed by atoms with E-state index in [9.17, 15) is 9.90 Å². The van der Waals surface area contributed by atoms with Gasteiger partial charge in [-0.05, 0) is 25.7 Å². The Balaban J connectivity index is 1.31. The Morgan fingerprint density at radius 1 is 1.38 bits per heavy atom. The van der Waals surface area contributed by atoms with Gasteiger partial charge in [0.1, 0.15) is 5.01 Å².